The molecule has 0 aromatic heterocycles. The molecule has 0 spiro atoms. The minimum atomic E-state index is 0. The maximum Gasteiger partial charge on any atom is 0.252 e. The Balaban J connectivity index is 0.00000192. The Kier molecular flexibility index (Phi) is 5.67. The first-order valence-electron chi connectivity index (χ1n) is 7.89. The van der Waals surface area contributed by atoms with Gasteiger partial charge in [-0.1, -0.05) is 30.3 Å². The van der Waals surface area contributed by atoms with Crippen LogP contribution in [0.1, 0.15) is 46.4 Å². The smallest absolute Gasteiger partial charge is 0.252 e. The average Bonchev–Trinajstić information content (AvgIpc) is 2.54. The molecule has 0 saturated carbocycles. The lowest BCUT2D eigenvalue weighted by atomic mass is 9.96. The third kappa shape index (κ3) is 3.67. The minimum Gasteiger partial charge on any atom is -0.385 e. The Morgan fingerprint density at radius 1 is 1.17 bits per heavy atom. The van der Waals surface area contributed by atoms with Gasteiger partial charge < -0.3 is 10.6 Å². The molecule has 0 bridgehead atoms. The summed E-state index contributed by atoms with van der Waals surface area (Å²) in [6.07, 6.45) is 2.04. The van der Waals surface area contributed by atoms with Crippen LogP contribution >= 0.6 is 12.4 Å². The van der Waals surface area contributed by atoms with E-state index < -0.39 is 0 Å². The molecule has 1 unspecified atom stereocenters. The second kappa shape index (κ2) is 7.51. The zero-order valence-corrected chi connectivity index (χ0v) is 14.4. The molecule has 4 heteroatoms. The van der Waals surface area contributed by atoms with Crippen LogP contribution in [0.5, 0.6) is 0 Å². The molecule has 1 aliphatic heterocycles. The highest BCUT2D eigenvalue weighted by molar-refractivity contribution is 5.97. The molecule has 23 heavy (non-hydrogen) atoms. The molecule has 1 aliphatic rings. The fraction of sp³-hybridized carbons (Fsp3) is 0.316. The number of fused-ring (bicyclic) bond motifs is 1. The van der Waals surface area contributed by atoms with Crippen molar-refractivity contribution in [3.05, 3.63) is 64.7 Å². The van der Waals surface area contributed by atoms with Crippen LogP contribution in [-0.2, 0) is 6.42 Å². The quantitative estimate of drug-likeness (QED) is 0.882. The highest BCUT2D eigenvalue weighted by atomic mass is 35.5. The van der Waals surface area contributed by atoms with Crippen LogP contribution in [0.2, 0.25) is 0 Å². The molecule has 1 heterocycles. The van der Waals surface area contributed by atoms with E-state index in [9.17, 15) is 4.79 Å². The maximum absolute atomic E-state index is 12.7. The number of anilines is 1. The summed E-state index contributed by atoms with van der Waals surface area (Å²) in [5.41, 5.74) is 5.40. The largest absolute Gasteiger partial charge is 0.385 e. The number of carbonyl (C=O) groups excluding carboxylic acids is 1. The van der Waals surface area contributed by atoms with Gasteiger partial charge in [-0.15, -0.1) is 12.4 Å². The van der Waals surface area contributed by atoms with Gasteiger partial charge in [0, 0.05) is 17.8 Å². The molecule has 2 aromatic carbocycles. The summed E-state index contributed by atoms with van der Waals surface area (Å²) >= 11 is 0. The van der Waals surface area contributed by atoms with Crippen molar-refractivity contribution >= 4 is 24.0 Å². The Morgan fingerprint density at radius 3 is 2.74 bits per heavy atom. The zero-order chi connectivity index (χ0) is 15.5. The lowest BCUT2D eigenvalue weighted by Crippen LogP contribution is -2.29. The second-order valence-electron chi connectivity index (χ2n) is 5.91. The first-order chi connectivity index (χ1) is 10.7. The number of aryl methyl sites for hydroxylation is 1. The van der Waals surface area contributed by atoms with Gasteiger partial charge in [-0.25, -0.2) is 0 Å². The third-order valence-electron chi connectivity index (χ3n) is 4.34. The standard InChI is InChI=1S/C19H22N2O.ClH/c1-13-7-3-4-8-15(13)14(2)21-19(22)17-9-5-11-18-16(17)10-6-12-20-18;/h3-5,7-9,11,14,20H,6,10,12H2,1-2H3,(H,21,22);1H. The summed E-state index contributed by atoms with van der Waals surface area (Å²) in [6, 6.07) is 14.1. The van der Waals surface area contributed by atoms with Crippen molar-refractivity contribution in [3.8, 4) is 0 Å². The predicted molar refractivity (Wildman–Crippen MR) is 97.6 cm³/mol. The van der Waals surface area contributed by atoms with E-state index in [1.165, 1.54) is 11.1 Å². The Labute approximate surface area is 143 Å². The highest BCUT2D eigenvalue weighted by Gasteiger charge is 2.19. The van der Waals surface area contributed by atoms with Crippen molar-refractivity contribution in [1.82, 2.24) is 5.32 Å². The molecule has 1 amide bonds. The van der Waals surface area contributed by atoms with Crippen LogP contribution in [0.3, 0.4) is 0 Å². The van der Waals surface area contributed by atoms with Crippen molar-refractivity contribution in [2.75, 3.05) is 11.9 Å². The number of nitrogens with one attached hydrogen (secondary N) is 2. The molecule has 3 nitrogen and oxygen atoms in total. The summed E-state index contributed by atoms with van der Waals surface area (Å²) < 4.78 is 0. The van der Waals surface area contributed by atoms with Gasteiger partial charge in [0.05, 0.1) is 6.04 Å². The minimum absolute atomic E-state index is 0. The summed E-state index contributed by atoms with van der Waals surface area (Å²) in [4.78, 5) is 12.7. The molecule has 1 atom stereocenters. The van der Waals surface area contributed by atoms with Crippen LogP contribution in [0, 0.1) is 6.92 Å². The Bertz CT molecular complexity index is 700. The van der Waals surface area contributed by atoms with E-state index in [0.717, 1.165) is 36.2 Å². The fourth-order valence-corrected chi connectivity index (χ4v) is 3.15. The van der Waals surface area contributed by atoms with Gasteiger partial charge in [0.1, 0.15) is 0 Å². The van der Waals surface area contributed by atoms with E-state index in [0.29, 0.717) is 0 Å². The van der Waals surface area contributed by atoms with Crippen LogP contribution in [0.15, 0.2) is 42.5 Å². The molecular weight excluding hydrogens is 308 g/mol. The first-order valence-corrected chi connectivity index (χ1v) is 7.89. The second-order valence-corrected chi connectivity index (χ2v) is 5.91. The van der Waals surface area contributed by atoms with E-state index in [4.69, 9.17) is 0 Å². The van der Waals surface area contributed by atoms with Crippen molar-refractivity contribution in [3.63, 3.8) is 0 Å². The zero-order valence-electron chi connectivity index (χ0n) is 13.6. The highest BCUT2D eigenvalue weighted by Crippen LogP contribution is 2.26. The van der Waals surface area contributed by atoms with Crippen molar-refractivity contribution in [2.45, 2.75) is 32.7 Å². The number of halogens is 1. The van der Waals surface area contributed by atoms with Gasteiger partial charge in [0.15, 0.2) is 0 Å². The van der Waals surface area contributed by atoms with Crippen LogP contribution in [-0.4, -0.2) is 12.5 Å². The average molecular weight is 331 g/mol. The van der Waals surface area contributed by atoms with E-state index in [1.807, 2.05) is 31.2 Å². The number of benzene rings is 2. The molecule has 2 aromatic rings. The van der Waals surface area contributed by atoms with Crippen LogP contribution < -0.4 is 10.6 Å². The lowest BCUT2D eigenvalue weighted by molar-refractivity contribution is 0.0939. The SMILES string of the molecule is Cc1ccccc1C(C)NC(=O)c1cccc2c1CCCN2.Cl. The molecule has 122 valence electrons. The van der Waals surface area contributed by atoms with Crippen molar-refractivity contribution < 1.29 is 4.79 Å². The van der Waals surface area contributed by atoms with Crippen LogP contribution in [0.25, 0.3) is 0 Å². The maximum atomic E-state index is 12.7. The van der Waals surface area contributed by atoms with Gasteiger partial charge in [0.2, 0.25) is 0 Å². The number of amides is 1. The summed E-state index contributed by atoms with van der Waals surface area (Å²) in [5.74, 6) is 0.0105. The van der Waals surface area contributed by atoms with E-state index in [1.54, 1.807) is 0 Å². The van der Waals surface area contributed by atoms with E-state index in [-0.39, 0.29) is 24.4 Å². The molecule has 0 radical (unpaired) electrons. The van der Waals surface area contributed by atoms with E-state index >= 15 is 0 Å². The Hall–Kier alpha value is -2.00. The number of carbonyl (C=O) groups is 1. The van der Waals surface area contributed by atoms with E-state index in [2.05, 4.69) is 35.8 Å². The molecule has 0 fully saturated rings. The van der Waals surface area contributed by atoms with Gasteiger partial charge in [0.25, 0.3) is 5.91 Å². The Morgan fingerprint density at radius 2 is 1.96 bits per heavy atom. The van der Waals surface area contributed by atoms with Gasteiger partial charge in [-0.2, -0.15) is 0 Å². The van der Waals surface area contributed by atoms with Crippen LogP contribution in [0.4, 0.5) is 5.69 Å². The predicted octanol–water partition coefficient (Wildman–Crippen LogP) is 4.27. The number of hydrogen-bond donors (Lipinski definition) is 2. The molecule has 0 aliphatic carbocycles. The van der Waals surface area contributed by atoms with Gasteiger partial charge >= 0.3 is 0 Å². The van der Waals surface area contributed by atoms with Gasteiger partial charge in [-0.05, 0) is 55.5 Å². The van der Waals surface area contributed by atoms with Crippen molar-refractivity contribution in [2.24, 2.45) is 0 Å². The summed E-state index contributed by atoms with van der Waals surface area (Å²) in [7, 11) is 0. The topological polar surface area (TPSA) is 41.1 Å². The van der Waals surface area contributed by atoms with Crippen molar-refractivity contribution in [1.29, 1.82) is 0 Å². The summed E-state index contributed by atoms with van der Waals surface area (Å²) in [6.45, 7) is 5.10. The lowest BCUT2D eigenvalue weighted by Gasteiger charge is -2.22. The van der Waals surface area contributed by atoms with Gasteiger partial charge in [-0.3, -0.25) is 4.79 Å². The third-order valence-corrected chi connectivity index (χ3v) is 4.34. The number of rotatable bonds is 3. The monoisotopic (exact) mass is 330 g/mol. The molecular formula is C19H23ClN2O. The molecule has 3 rings (SSSR count). The fourth-order valence-electron chi connectivity index (χ4n) is 3.15. The number of hydrogen-bond acceptors (Lipinski definition) is 2. The normalized spacial score (nSPS) is 14.0. The summed E-state index contributed by atoms with van der Waals surface area (Å²) in [5, 5.41) is 6.51. The molecule has 0 saturated heterocycles. The molecule has 2 N–H and O–H groups in total. The first kappa shape index (κ1) is 17.4.